The maximum absolute atomic E-state index is 12.0. The minimum Gasteiger partial charge on any atom is -0.486 e. The molecule has 27 heavy (non-hydrogen) atoms. The number of hydrogen-bond donors (Lipinski definition) is 2. The van der Waals surface area contributed by atoms with Gasteiger partial charge in [-0.05, 0) is 29.8 Å². The van der Waals surface area contributed by atoms with E-state index >= 15 is 0 Å². The molecule has 0 spiro atoms. The summed E-state index contributed by atoms with van der Waals surface area (Å²) < 4.78 is 10.9. The normalized spacial score (nSPS) is 12.4. The first-order chi connectivity index (χ1) is 13.0. The van der Waals surface area contributed by atoms with Crippen molar-refractivity contribution in [1.82, 2.24) is 10.9 Å². The highest BCUT2D eigenvalue weighted by molar-refractivity contribution is 5.98. The Morgan fingerprint density at radius 1 is 1.04 bits per heavy atom. The van der Waals surface area contributed by atoms with E-state index in [0.717, 1.165) is 11.6 Å². The number of ether oxygens (including phenoxy) is 2. The van der Waals surface area contributed by atoms with Crippen LogP contribution in [0, 0.1) is 10.1 Å². The molecule has 0 aliphatic carbocycles. The quantitative estimate of drug-likeness (QED) is 0.482. The third kappa shape index (κ3) is 4.60. The number of hydrazine groups is 1. The van der Waals surface area contributed by atoms with E-state index in [1.807, 2.05) is 0 Å². The number of carbonyl (C=O) groups excluding carboxylic acids is 2. The number of nitrogens with zero attached hydrogens (tertiary/aromatic N) is 1. The predicted octanol–water partition coefficient (Wildman–Crippen LogP) is 1.84. The van der Waals surface area contributed by atoms with Crippen LogP contribution in [0.4, 0.5) is 5.69 Å². The van der Waals surface area contributed by atoms with Crippen molar-refractivity contribution < 1.29 is 24.0 Å². The van der Waals surface area contributed by atoms with E-state index in [2.05, 4.69) is 10.9 Å². The van der Waals surface area contributed by atoms with Crippen molar-refractivity contribution in [3.05, 3.63) is 69.8 Å². The van der Waals surface area contributed by atoms with Crippen molar-refractivity contribution in [3.63, 3.8) is 0 Å². The number of non-ortho nitro benzene ring substituents is 1. The van der Waals surface area contributed by atoms with E-state index in [-0.39, 0.29) is 11.3 Å². The number of rotatable bonds is 4. The summed E-state index contributed by atoms with van der Waals surface area (Å²) in [6, 6.07) is 10.4. The van der Waals surface area contributed by atoms with Gasteiger partial charge in [0.2, 0.25) is 0 Å². The Balaban J connectivity index is 1.56. The van der Waals surface area contributed by atoms with Gasteiger partial charge < -0.3 is 9.47 Å². The largest absolute Gasteiger partial charge is 0.486 e. The Bertz CT molecular complexity index is 925. The first kappa shape index (κ1) is 17.9. The van der Waals surface area contributed by atoms with E-state index in [1.54, 1.807) is 24.3 Å². The molecule has 3 rings (SSSR count). The van der Waals surface area contributed by atoms with Gasteiger partial charge in [-0.2, -0.15) is 0 Å². The lowest BCUT2D eigenvalue weighted by atomic mass is 10.2. The lowest BCUT2D eigenvalue weighted by molar-refractivity contribution is -0.384. The van der Waals surface area contributed by atoms with Crippen LogP contribution in [0.3, 0.4) is 0 Å². The monoisotopic (exact) mass is 369 g/mol. The number of hydrogen-bond acceptors (Lipinski definition) is 6. The molecule has 0 saturated heterocycles. The fourth-order valence-electron chi connectivity index (χ4n) is 2.33. The fourth-order valence-corrected chi connectivity index (χ4v) is 2.33. The number of fused-ring (bicyclic) bond motifs is 1. The third-order valence-electron chi connectivity index (χ3n) is 3.61. The van der Waals surface area contributed by atoms with Crippen LogP contribution >= 0.6 is 0 Å². The number of nitrogens with one attached hydrogen (secondary N) is 2. The molecule has 0 aromatic heterocycles. The highest BCUT2D eigenvalue weighted by Crippen LogP contribution is 2.31. The summed E-state index contributed by atoms with van der Waals surface area (Å²) in [5, 5.41) is 10.7. The second kappa shape index (κ2) is 8.00. The average Bonchev–Trinajstić information content (AvgIpc) is 2.70. The maximum Gasteiger partial charge on any atom is 0.270 e. The van der Waals surface area contributed by atoms with E-state index in [0.29, 0.717) is 24.7 Å². The summed E-state index contributed by atoms with van der Waals surface area (Å²) in [6.45, 7) is 0.958. The maximum atomic E-state index is 12.0. The van der Waals surface area contributed by atoms with Crippen molar-refractivity contribution in [2.45, 2.75) is 0 Å². The summed E-state index contributed by atoms with van der Waals surface area (Å²) in [7, 11) is 0. The van der Waals surface area contributed by atoms with Gasteiger partial charge in [0.05, 0.1) is 4.92 Å². The first-order valence-corrected chi connectivity index (χ1v) is 7.95. The zero-order valence-corrected chi connectivity index (χ0v) is 14.0. The minimum atomic E-state index is -0.667. The number of carbonyl (C=O) groups is 2. The van der Waals surface area contributed by atoms with E-state index in [1.165, 1.54) is 24.3 Å². The molecule has 1 heterocycles. The fraction of sp³-hybridized carbons (Fsp3) is 0.111. The number of nitro groups is 1. The summed E-state index contributed by atoms with van der Waals surface area (Å²) >= 11 is 0. The van der Waals surface area contributed by atoms with Crippen LogP contribution in [0.5, 0.6) is 11.5 Å². The molecule has 0 fully saturated rings. The molecule has 138 valence electrons. The van der Waals surface area contributed by atoms with Gasteiger partial charge >= 0.3 is 0 Å². The molecule has 0 radical (unpaired) electrons. The van der Waals surface area contributed by atoms with Crippen molar-refractivity contribution >= 4 is 23.6 Å². The van der Waals surface area contributed by atoms with Crippen molar-refractivity contribution in [2.75, 3.05) is 13.2 Å². The molecule has 9 nitrogen and oxygen atoms in total. The number of nitro benzene ring substituents is 1. The smallest absolute Gasteiger partial charge is 0.270 e. The summed E-state index contributed by atoms with van der Waals surface area (Å²) in [5.41, 5.74) is 4.97. The van der Waals surface area contributed by atoms with Crippen molar-refractivity contribution in [2.24, 2.45) is 0 Å². The molecule has 0 atom stereocenters. The van der Waals surface area contributed by atoms with E-state index in [4.69, 9.17) is 9.47 Å². The molecule has 2 aromatic carbocycles. The van der Waals surface area contributed by atoms with Crippen molar-refractivity contribution in [3.8, 4) is 11.5 Å². The van der Waals surface area contributed by atoms with Gasteiger partial charge in [0.15, 0.2) is 11.5 Å². The van der Waals surface area contributed by atoms with E-state index in [9.17, 15) is 19.7 Å². The lowest BCUT2D eigenvalue weighted by Crippen LogP contribution is -2.40. The van der Waals surface area contributed by atoms with Gasteiger partial charge in [0.25, 0.3) is 17.5 Å². The molecule has 1 aliphatic heterocycles. The van der Waals surface area contributed by atoms with Crippen LogP contribution in [-0.4, -0.2) is 30.0 Å². The summed E-state index contributed by atoms with van der Waals surface area (Å²) in [5.74, 6) is 0.0123. The van der Waals surface area contributed by atoms with Gasteiger partial charge in [0, 0.05) is 23.8 Å². The molecule has 9 heteroatoms. The molecule has 0 saturated carbocycles. The van der Waals surface area contributed by atoms with Gasteiger partial charge in [-0.1, -0.05) is 12.1 Å². The molecular formula is C18H15N3O6. The Morgan fingerprint density at radius 2 is 1.81 bits per heavy atom. The third-order valence-corrected chi connectivity index (χ3v) is 3.61. The molecule has 0 unspecified atom stereocenters. The lowest BCUT2D eigenvalue weighted by Gasteiger charge is -2.18. The zero-order valence-electron chi connectivity index (χ0n) is 14.0. The predicted molar refractivity (Wildman–Crippen MR) is 95.2 cm³/mol. The Morgan fingerprint density at radius 3 is 2.59 bits per heavy atom. The summed E-state index contributed by atoms with van der Waals surface area (Å²) in [4.78, 5) is 33.9. The standard InChI is InChI=1S/C18H15N3O6/c22-17(7-5-12-4-6-15-16(10-12)27-9-8-26-15)19-20-18(23)13-2-1-3-14(11-13)21(24)25/h1-7,10-11H,8-9H2,(H,19,22)(H,20,23). The topological polar surface area (TPSA) is 120 Å². The average molecular weight is 369 g/mol. The number of benzene rings is 2. The minimum absolute atomic E-state index is 0.0558. The Labute approximate surface area is 153 Å². The zero-order chi connectivity index (χ0) is 19.2. The van der Waals surface area contributed by atoms with E-state index < -0.39 is 16.7 Å². The van der Waals surface area contributed by atoms with Crippen LogP contribution in [0.2, 0.25) is 0 Å². The molecular weight excluding hydrogens is 354 g/mol. The molecule has 2 N–H and O–H groups in total. The highest BCUT2D eigenvalue weighted by Gasteiger charge is 2.12. The first-order valence-electron chi connectivity index (χ1n) is 7.95. The number of amides is 2. The molecule has 0 bridgehead atoms. The SMILES string of the molecule is O=C(C=Cc1ccc2c(c1)OCCO2)NNC(=O)c1cccc([N+](=O)[O-])c1. The Kier molecular flexibility index (Phi) is 5.31. The highest BCUT2D eigenvalue weighted by atomic mass is 16.6. The van der Waals surface area contributed by atoms with Gasteiger partial charge in [-0.25, -0.2) is 0 Å². The van der Waals surface area contributed by atoms with Crippen LogP contribution in [0.1, 0.15) is 15.9 Å². The van der Waals surface area contributed by atoms with Gasteiger partial charge in [0.1, 0.15) is 13.2 Å². The van der Waals surface area contributed by atoms with Gasteiger partial charge in [-0.3, -0.25) is 30.6 Å². The Hall–Kier alpha value is -3.88. The second-order valence-corrected chi connectivity index (χ2v) is 5.49. The van der Waals surface area contributed by atoms with Crippen LogP contribution in [0.15, 0.2) is 48.5 Å². The second-order valence-electron chi connectivity index (χ2n) is 5.49. The molecule has 2 amide bonds. The molecule has 2 aromatic rings. The van der Waals surface area contributed by atoms with Crippen LogP contribution in [0.25, 0.3) is 6.08 Å². The van der Waals surface area contributed by atoms with Crippen LogP contribution in [-0.2, 0) is 4.79 Å². The van der Waals surface area contributed by atoms with Crippen LogP contribution < -0.4 is 20.3 Å². The van der Waals surface area contributed by atoms with Crippen molar-refractivity contribution in [1.29, 1.82) is 0 Å². The molecule has 1 aliphatic rings. The summed E-state index contributed by atoms with van der Waals surface area (Å²) in [6.07, 6.45) is 2.78. The van der Waals surface area contributed by atoms with Gasteiger partial charge in [-0.15, -0.1) is 0 Å².